The van der Waals surface area contributed by atoms with Crippen LogP contribution in [0.4, 0.5) is 5.82 Å². The molecule has 14 heavy (non-hydrogen) atoms. The highest BCUT2D eigenvalue weighted by Gasteiger charge is 2.02. The molecule has 5 heteroatoms. The monoisotopic (exact) mass is 215 g/mol. The number of aromatic nitrogens is 2. The standard InChI is InChI=1S/C9H14ClN3O/c1-3-14-5-7(2)13-9-4-8(10)11-6-12-9/h4,6-7H,3,5H2,1-2H3,(H,11,12,13). The molecule has 0 spiro atoms. The first kappa shape index (κ1) is 11.2. The number of anilines is 1. The number of nitrogens with one attached hydrogen (secondary N) is 1. The van der Waals surface area contributed by atoms with Gasteiger partial charge in [0.15, 0.2) is 0 Å². The van der Waals surface area contributed by atoms with Crippen LogP contribution in [0.25, 0.3) is 0 Å². The van der Waals surface area contributed by atoms with Gasteiger partial charge in [-0.1, -0.05) is 11.6 Å². The molecule has 1 aromatic rings. The molecule has 0 aliphatic carbocycles. The van der Waals surface area contributed by atoms with Gasteiger partial charge in [0.1, 0.15) is 17.3 Å². The van der Waals surface area contributed by atoms with E-state index in [9.17, 15) is 0 Å². The van der Waals surface area contributed by atoms with Gasteiger partial charge in [0.25, 0.3) is 0 Å². The molecule has 78 valence electrons. The van der Waals surface area contributed by atoms with Crippen LogP contribution in [0.5, 0.6) is 0 Å². The number of hydrogen-bond donors (Lipinski definition) is 1. The van der Waals surface area contributed by atoms with Crippen molar-refractivity contribution in [1.82, 2.24) is 9.97 Å². The summed E-state index contributed by atoms with van der Waals surface area (Å²) in [4.78, 5) is 7.82. The first-order valence-electron chi connectivity index (χ1n) is 4.54. The first-order valence-corrected chi connectivity index (χ1v) is 4.92. The van der Waals surface area contributed by atoms with Gasteiger partial charge in [0.05, 0.1) is 6.61 Å². The predicted molar refractivity (Wildman–Crippen MR) is 56.6 cm³/mol. The molecule has 0 bridgehead atoms. The molecule has 1 heterocycles. The van der Waals surface area contributed by atoms with E-state index >= 15 is 0 Å². The van der Waals surface area contributed by atoms with Gasteiger partial charge in [0, 0.05) is 18.7 Å². The Labute approximate surface area is 88.7 Å². The van der Waals surface area contributed by atoms with E-state index in [4.69, 9.17) is 16.3 Å². The van der Waals surface area contributed by atoms with Crippen molar-refractivity contribution in [2.45, 2.75) is 19.9 Å². The number of nitrogens with zero attached hydrogens (tertiary/aromatic N) is 2. The Morgan fingerprint density at radius 2 is 2.36 bits per heavy atom. The molecule has 1 unspecified atom stereocenters. The summed E-state index contributed by atoms with van der Waals surface area (Å²) in [7, 11) is 0. The first-order chi connectivity index (χ1) is 6.72. The van der Waals surface area contributed by atoms with E-state index in [2.05, 4.69) is 15.3 Å². The zero-order valence-corrected chi connectivity index (χ0v) is 9.08. The second-order valence-corrected chi connectivity index (χ2v) is 3.32. The average molecular weight is 216 g/mol. The van der Waals surface area contributed by atoms with Crippen LogP contribution in [0.1, 0.15) is 13.8 Å². The van der Waals surface area contributed by atoms with Crippen molar-refractivity contribution in [3.63, 3.8) is 0 Å². The van der Waals surface area contributed by atoms with Crippen LogP contribution in [0.2, 0.25) is 5.15 Å². The van der Waals surface area contributed by atoms with Gasteiger partial charge in [0.2, 0.25) is 0 Å². The number of halogens is 1. The Morgan fingerprint density at radius 1 is 1.57 bits per heavy atom. The molecule has 0 aromatic carbocycles. The topological polar surface area (TPSA) is 47.0 Å². The van der Waals surface area contributed by atoms with Crippen molar-refractivity contribution in [3.8, 4) is 0 Å². The Morgan fingerprint density at radius 3 is 3.00 bits per heavy atom. The predicted octanol–water partition coefficient (Wildman–Crippen LogP) is 1.97. The molecule has 0 saturated heterocycles. The lowest BCUT2D eigenvalue weighted by Crippen LogP contribution is -2.22. The molecule has 1 rings (SSSR count). The molecular formula is C9H14ClN3O. The van der Waals surface area contributed by atoms with Crippen LogP contribution in [-0.4, -0.2) is 29.2 Å². The lowest BCUT2D eigenvalue weighted by Gasteiger charge is -2.13. The lowest BCUT2D eigenvalue weighted by atomic mass is 10.3. The quantitative estimate of drug-likeness (QED) is 0.763. The third-order valence-corrected chi connectivity index (χ3v) is 1.81. The molecule has 4 nitrogen and oxygen atoms in total. The van der Waals surface area contributed by atoms with Crippen LogP contribution in [-0.2, 0) is 4.74 Å². The van der Waals surface area contributed by atoms with Crippen molar-refractivity contribution in [3.05, 3.63) is 17.5 Å². The van der Waals surface area contributed by atoms with Crippen molar-refractivity contribution in [1.29, 1.82) is 0 Å². The minimum absolute atomic E-state index is 0.209. The maximum absolute atomic E-state index is 5.71. The second-order valence-electron chi connectivity index (χ2n) is 2.93. The molecule has 0 aliphatic heterocycles. The highest BCUT2D eigenvalue weighted by atomic mass is 35.5. The third-order valence-electron chi connectivity index (χ3n) is 1.60. The molecule has 1 aromatic heterocycles. The molecule has 0 radical (unpaired) electrons. The van der Waals surface area contributed by atoms with Crippen LogP contribution in [0.3, 0.4) is 0 Å². The largest absolute Gasteiger partial charge is 0.380 e. The minimum atomic E-state index is 0.209. The van der Waals surface area contributed by atoms with E-state index < -0.39 is 0 Å². The summed E-state index contributed by atoms with van der Waals surface area (Å²) < 4.78 is 5.26. The van der Waals surface area contributed by atoms with E-state index in [1.165, 1.54) is 6.33 Å². The van der Waals surface area contributed by atoms with Crippen molar-refractivity contribution < 1.29 is 4.74 Å². The Kier molecular flexibility index (Phi) is 4.62. The van der Waals surface area contributed by atoms with E-state index in [-0.39, 0.29) is 6.04 Å². The maximum atomic E-state index is 5.71. The summed E-state index contributed by atoms with van der Waals surface area (Å²) in [6.45, 7) is 5.36. The molecule has 1 atom stereocenters. The van der Waals surface area contributed by atoms with E-state index in [0.717, 1.165) is 12.4 Å². The molecule has 0 amide bonds. The summed E-state index contributed by atoms with van der Waals surface area (Å²) in [6.07, 6.45) is 1.43. The van der Waals surface area contributed by atoms with Gasteiger partial charge >= 0.3 is 0 Å². The van der Waals surface area contributed by atoms with E-state index in [0.29, 0.717) is 11.8 Å². The second kappa shape index (κ2) is 5.78. The van der Waals surface area contributed by atoms with Crippen molar-refractivity contribution >= 4 is 17.4 Å². The fourth-order valence-electron chi connectivity index (χ4n) is 1.00. The van der Waals surface area contributed by atoms with Crippen LogP contribution in [0.15, 0.2) is 12.4 Å². The van der Waals surface area contributed by atoms with E-state index in [1.54, 1.807) is 6.07 Å². The summed E-state index contributed by atoms with van der Waals surface area (Å²) in [6, 6.07) is 1.89. The number of ether oxygens (including phenoxy) is 1. The highest BCUT2D eigenvalue weighted by molar-refractivity contribution is 6.29. The van der Waals surface area contributed by atoms with Gasteiger partial charge in [-0.05, 0) is 13.8 Å². The average Bonchev–Trinajstić information content (AvgIpc) is 2.15. The van der Waals surface area contributed by atoms with Gasteiger partial charge in [-0.15, -0.1) is 0 Å². The number of hydrogen-bond acceptors (Lipinski definition) is 4. The Hall–Kier alpha value is -0.870. The van der Waals surface area contributed by atoms with Crippen LogP contribution >= 0.6 is 11.6 Å². The molecule has 1 N–H and O–H groups in total. The Bertz CT molecular complexity index is 283. The summed E-state index contributed by atoms with van der Waals surface area (Å²) >= 11 is 5.71. The van der Waals surface area contributed by atoms with Gasteiger partial charge in [-0.2, -0.15) is 0 Å². The lowest BCUT2D eigenvalue weighted by molar-refractivity contribution is 0.141. The SMILES string of the molecule is CCOCC(C)Nc1cc(Cl)ncn1. The zero-order chi connectivity index (χ0) is 10.4. The molecule has 0 saturated carbocycles. The summed E-state index contributed by atoms with van der Waals surface area (Å²) in [5.41, 5.74) is 0. The number of rotatable bonds is 5. The van der Waals surface area contributed by atoms with E-state index in [1.807, 2.05) is 13.8 Å². The minimum Gasteiger partial charge on any atom is -0.380 e. The zero-order valence-electron chi connectivity index (χ0n) is 8.33. The Balaban J connectivity index is 2.43. The third kappa shape index (κ3) is 3.89. The van der Waals surface area contributed by atoms with Crippen LogP contribution in [0, 0.1) is 0 Å². The maximum Gasteiger partial charge on any atom is 0.134 e. The molecule has 0 fully saturated rings. The summed E-state index contributed by atoms with van der Waals surface area (Å²) in [5.74, 6) is 0.720. The van der Waals surface area contributed by atoms with Gasteiger partial charge < -0.3 is 10.1 Å². The van der Waals surface area contributed by atoms with Crippen molar-refractivity contribution in [2.75, 3.05) is 18.5 Å². The van der Waals surface area contributed by atoms with Crippen molar-refractivity contribution in [2.24, 2.45) is 0 Å². The highest BCUT2D eigenvalue weighted by Crippen LogP contribution is 2.09. The summed E-state index contributed by atoms with van der Waals surface area (Å²) in [5, 5.41) is 3.59. The molecular weight excluding hydrogens is 202 g/mol. The fourth-order valence-corrected chi connectivity index (χ4v) is 1.15. The normalized spacial score (nSPS) is 12.5. The smallest absolute Gasteiger partial charge is 0.134 e. The fraction of sp³-hybridized carbons (Fsp3) is 0.556. The van der Waals surface area contributed by atoms with Gasteiger partial charge in [-0.25, -0.2) is 9.97 Å². The molecule has 0 aliphatic rings. The van der Waals surface area contributed by atoms with Crippen LogP contribution < -0.4 is 5.32 Å². The van der Waals surface area contributed by atoms with Gasteiger partial charge in [-0.3, -0.25) is 0 Å².